The topological polar surface area (TPSA) is 65.8 Å². The summed E-state index contributed by atoms with van der Waals surface area (Å²) in [4.78, 5) is 15.8. The highest BCUT2D eigenvalue weighted by atomic mass is 35.5. The van der Waals surface area contributed by atoms with Crippen molar-refractivity contribution in [3.63, 3.8) is 0 Å². The molecule has 18 heavy (non-hydrogen) atoms. The van der Waals surface area contributed by atoms with Gasteiger partial charge in [0.2, 0.25) is 0 Å². The van der Waals surface area contributed by atoms with Crippen molar-refractivity contribution in [2.45, 2.75) is 0 Å². The maximum Gasteiger partial charge on any atom is 0.274 e. The van der Waals surface area contributed by atoms with E-state index in [0.717, 1.165) is 0 Å². The van der Waals surface area contributed by atoms with E-state index < -0.39 is 0 Å². The van der Waals surface area contributed by atoms with E-state index in [0.29, 0.717) is 16.3 Å². The van der Waals surface area contributed by atoms with Gasteiger partial charge < -0.3 is 5.32 Å². The number of rotatable bonds is 2. The molecule has 0 aliphatic heterocycles. The van der Waals surface area contributed by atoms with E-state index in [4.69, 9.17) is 16.9 Å². The molecule has 0 saturated heterocycles. The van der Waals surface area contributed by atoms with Crippen molar-refractivity contribution in [1.29, 1.82) is 5.26 Å². The van der Waals surface area contributed by atoms with Gasteiger partial charge in [0.25, 0.3) is 5.91 Å². The summed E-state index contributed by atoms with van der Waals surface area (Å²) < 4.78 is 0. The molecule has 0 aliphatic rings. The molecular weight excluding hydrogens is 250 g/mol. The number of aromatic nitrogens is 1. The third-order valence-electron chi connectivity index (χ3n) is 2.20. The zero-order valence-corrected chi connectivity index (χ0v) is 9.98. The van der Waals surface area contributed by atoms with Gasteiger partial charge in [-0.15, -0.1) is 0 Å². The van der Waals surface area contributed by atoms with Crippen LogP contribution in [0.4, 0.5) is 5.69 Å². The fourth-order valence-electron chi connectivity index (χ4n) is 1.39. The van der Waals surface area contributed by atoms with Gasteiger partial charge in [-0.25, -0.2) is 0 Å². The summed E-state index contributed by atoms with van der Waals surface area (Å²) in [6.07, 6.45) is 1.42. The Bertz CT molecular complexity index is 634. The first-order chi connectivity index (χ1) is 8.69. The fraction of sp³-hybridized carbons (Fsp3) is 0. The average molecular weight is 258 g/mol. The molecule has 4 nitrogen and oxygen atoms in total. The van der Waals surface area contributed by atoms with Crippen molar-refractivity contribution in [1.82, 2.24) is 4.98 Å². The molecule has 88 valence electrons. The Morgan fingerprint density at radius 1 is 1.33 bits per heavy atom. The number of pyridine rings is 1. The second kappa shape index (κ2) is 5.30. The van der Waals surface area contributed by atoms with Crippen LogP contribution in [0.1, 0.15) is 16.1 Å². The molecule has 2 rings (SSSR count). The average Bonchev–Trinajstić information content (AvgIpc) is 2.39. The molecule has 0 unspecified atom stereocenters. The molecule has 0 aliphatic carbocycles. The first-order valence-corrected chi connectivity index (χ1v) is 5.50. The molecule has 1 heterocycles. The largest absolute Gasteiger partial charge is 0.321 e. The van der Waals surface area contributed by atoms with Crippen LogP contribution in [-0.2, 0) is 0 Å². The summed E-state index contributed by atoms with van der Waals surface area (Å²) in [7, 11) is 0. The van der Waals surface area contributed by atoms with Crippen LogP contribution < -0.4 is 5.32 Å². The third-order valence-corrected chi connectivity index (χ3v) is 2.44. The van der Waals surface area contributed by atoms with Crippen molar-refractivity contribution in [2.75, 3.05) is 5.32 Å². The minimum atomic E-state index is -0.380. The summed E-state index contributed by atoms with van der Waals surface area (Å²) >= 11 is 5.81. The van der Waals surface area contributed by atoms with Gasteiger partial charge in [-0.3, -0.25) is 9.78 Å². The maximum absolute atomic E-state index is 11.9. The van der Waals surface area contributed by atoms with Gasteiger partial charge in [-0.1, -0.05) is 17.7 Å². The smallest absolute Gasteiger partial charge is 0.274 e. The minimum absolute atomic E-state index is 0.189. The fourth-order valence-corrected chi connectivity index (χ4v) is 1.58. The highest BCUT2D eigenvalue weighted by Gasteiger charge is 2.08. The van der Waals surface area contributed by atoms with E-state index in [2.05, 4.69) is 10.3 Å². The number of nitrogens with zero attached hydrogens (tertiary/aromatic N) is 2. The summed E-state index contributed by atoms with van der Waals surface area (Å²) in [5.74, 6) is -0.380. The summed E-state index contributed by atoms with van der Waals surface area (Å²) in [5.41, 5.74) is 1.16. The van der Waals surface area contributed by atoms with Crippen LogP contribution in [0.2, 0.25) is 5.02 Å². The van der Waals surface area contributed by atoms with Crippen LogP contribution in [0.25, 0.3) is 0 Å². The molecule has 1 amide bonds. The monoisotopic (exact) mass is 257 g/mol. The Kier molecular flexibility index (Phi) is 3.56. The van der Waals surface area contributed by atoms with Gasteiger partial charge in [-0.05, 0) is 30.3 Å². The number of carbonyl (C=O) groups is 1. The van der Waals surface area contributed by atoms with Gasteiger partial charge in [0.1, 0.15) is 5.69 Å². The molecule has 0 saturated carbocycles. The SMILES string of the molecule is N#Cc1ccnc(C(=O)Nc2cccc(Cl)c2)c1. The molecule has 0 radical (unpaired) electrons. The van der Waals surface area contributed by atoms with Crippen molar-refractivity contribution >= 4 is 23.2 Å². The minimum Gasteiger partial charge on any atom is -0.321 e. The van der Waals surface area contributed by atoms with Crippen LogP contribution >= 0.6 is 11.6 Å². The number of hydrogen-bond acceptors (Lipinski definition) is 3. The molecular formula is C13H8ClN3O. The first kappa shape index (κ1) is 12.1. The molecule has 0 spiro atoms. The van der Waals surface area contributed by atoms with Crippen LogP contribution in [0.15, 0.2) is 42.6 Å². The number of nitriles is 1. The molecule has 0 bridgehead atoms. The Morgan fingerprint density at radius 2 is 2.17 bits per heavy atom. The predicted molar refractivity (Wildman–Crippen MR) is 68.4 cm³/mol. The van der Waals surface area contributed by atoms with E-state index in [1.165, 1.54) is 18.3 Å². The summed E-state index contributed by atoms with van der Waals surface area (Å²) in [6, 6.07) is 11.7. The highest BCUT2D eigenvalue weighted by molar-refractivity contribution is 6.30. The lowest BCUT2D eigenvalue weighted by atomic mass is 10.2. The second-order valence-corrected chi connectivity index (χ2v) is 3.94. The molecule has 0 fully saturated rings. The zero-order valence-electron chi connectivity index (χ0n) is 9.22. The molecule has 5 heteroatoms. The van der Waals surface area contributed by atoms with Gasteiger partial charge in [-0.2, -0.15) is 5.26 Å². The second-order valence-electron chi connectivity index (χ2n) is 3.51. The Labute approximate surface area is 109 Å². The number of carbonyl (C=O) groups excluding carboxylic acids is 1. The first-order valence-electron chi connectivity index (χ1n) is 5.12. The Morgan fingerprint density at radius 3 is 2.89 bits per heavy atom. The number of anilines is 1. The van der Waals surface area contributed by atoms with Crippen LogP contribution in [-0.4, -0.2) is 10.9 Å². The van der Waals surface area contributed by atoms with Crippen LogP contribution in [0.5, 0.6) is 0 Å². The number of amides is 1. The van der Waals surface area contributed by atoms with E-state index >= 15 is 0 Å². The van der Waals surface area contributed by atoms with Crippen LogP contribution in [0, 0.1) is 11.3 Å². The normalized spacial score (nSPS) is 9.56. The molecule has 1 aromatic carbocycles. The quantitative estimate of drug-likeness (QED) is 0.900. The van der Waals surface area contributed by atoms with E-state index in [1.54, 1.807) is 24.3 Å². The zero-order chi connectivity index (χ0) is 13.0. The van der Waals surface area contributed by atoms with Crippen molar-refractivity contribution in [3.8, 4) is 6.07 Å². The number of halogens is 1. The molecule has 0 atom stereocenters. The summed E-state index contributed by atoms with van der Waals surface area (Å²) in [6.45, 7) is 0. The summed E-state index contributed by atoms with van der Waals surface area (Å²) in [5, 5.41) is 11.9. The number of hydrogen-bond donors (Lipinski definition) is 1. The molecule has 1 aromatic heterocycles. The lowest BCUT2D eigenvalue weighted by Gasteiger charge is -2.04. The Hall–Kier alpha value is -2.38. The van der Waals surface area contributed by atoms with E-state index in [1.807, 2.05) is 6.07 Å². The lowest BCUT2D eigenvalue weighted by Crippen LogP contribution is -2.13. The van der Waals surface area contributed by atoms with Crippen LogP contribution in [0.3, 0.4) is 0 Å². The van der Waals surface area contributed by atoms with E-state index in [-0.39, 0.29) is 11.6 Å². The van der Waals surface area contributed by atoms with Crippen molar-refractivity contribution in [2.24, 2.45) is 0 Å². The maximum atomic E-state index is 11.9. The van der Waals surface area contributed by atoms with Gasteiger partial charge >= 0.3 is 0 Å². The number of benzene rings is 1. The highest BCUT2D eigenvalue weighted by Crippen LogP contribution is 2.15. The van der Waals surface area contributed by atoms with Gasteiger partial charge in [0.15, 0.2) is 0 Å². The van der Waals surface area contributed by atoms with Gasteiger partial charge in [0, 0.05) is 16.9 Å². The van der Waals surface area contributed by atoms with Gasteiger partial charge in [0.05, 0.1) is 11.6 Å². The number of nitrogens with one attached hydrogen (secondary N) is 1. The lowest BCUT2D eigenvalue weighted by molar-refractivity contribution is 0.102. The van der Waals surface area contributed by atoms with Crippen molar-refractivity contribution < 1.29 is 4.79 Å². The standard InChI is InChI=1S/C13H8ClN3O/c14-10-2-1-3-11(7-10)17-13(18)12-6-9(8-15)4-5-16-12/h1-7H,(H,17,18). The third kappa shape index (κ3) is 2.84. The Balaban J connectivity index is 2.20. The van der Waals surface area contributed by atoms with E-state index in [9.17, 15) is 4.79 Å². The van der Waals surface area contributed by atoms with Crippen molar-refractivity contribution in [3.05, 3.63) is 58.9 Å². The predicted octanol–water partition coefficient (Wildman–Crippen LogP) is 2.86. The molecule has 1 N–H and O–H groups in total. The molecule has 2 aromatic rings.